The van der Waals surface area contributed by atoms with Crippen molar-refractivity contribution < 1.29 is 33.2 Å². The summed E-state index contributed by atoms with van der Waals surface area (Å²) in [6, 6.07) is 24.6. The van der Waals surface area contributed by atoms with Crippen LogP contribution in [0.15, 0.2) is 78.9 Å². The zero-order valence-corrected chi connectivity index (χ0v) is 33.1. The van der Waals surface area contributed by atoms with Gasteiger partial charge >= 0.3 is 7.82 Å². The number of aromatic nitrogens is 2. The van der Waals surface area contributed by atoms with E-state index in [1.54, 1.807) is 48.9 Å². The van der Waals surface area contributed by atoms with Crippen LogP contribution in [0.3, 0.4) is 0 Å². The fraction of sp³-hybridized carbons (Fsp3) is 0.293. The number of hydrogen-bond acceptors (Lipinski definition) is 7. The van der Waals surface area contributed by atoms with Crippen molar-refractivity contribution in [2.24, 2.45) is 14.1 Å². The lowest BCUT2D eigenvalue weighted by Crippen LogP contribution is -2.52. The number of phosphoric ester groups is 1. The first kappa shape index (κ1) is 39.1. The number of ether oxygens (including phenoxy) is 1. The maximum absolute atomic E-state index is 14.9. The van der Waals surface area contributed by atoms with Crippen LogP contribution in [0, 0.1) is 25.2 Å². The molecule has 2 aliphatic rings. The summed E-state index contributed by atoms with van der Waals surface area (Å²) in [5.74, 6) is -0.656. The first-order valence-electron chi connectivity index (χ1n) is 18.1. The van der Waals surface area contributed by atoms with E-state index in [-0.39, 0.29) is 17.7 Å². The lowest BCUT2D eigenvalue weighted by atomic mass is 9.92. The lowest BCUT2D eigenvalue weighted by Gasteiger charge is -2.40. The van der Waals surface area contributed by atoms with Gasteiger partial charge in [-0.1, -0.05) is 35.9 Å². The van der Waals surface area contributed by atoms with Crippen molar-refractivity contribution >= 4 is 42.6 Å². The summed E-state index contributed by atoms with van der Waals surface area (Å²) >= 11 is 6.64. The highest BCUT2D eigenvalue weighted by Crippen LogP contribution is 2.40. The van der Waals surface area contributed by atoms with Crippen LogP contribution in [0.2, 0.25) is 5.02 Å². The number of anilines is 2. The van der Waals surface area contributed by atoms with Crippen LogP contribution in [-0.2, 0) is 36.4 Å². The monoisotopic (exact) mass is 796 g/mol. The number of benzene rings is 3. The van der Waals surface area contributed by atoms with Crippen molar-refractivity contribution in [2.45, 2.75) is 32.9 Å². The zero-order valence-electron chi connectivity index (χ0n) is 31.5. The fourth-order valence-electron chi connectivity index (χ4n) is 7.61. The maximum Gasteiger partial charge on any atom is 0.524 e. The third-order valence-electron chi connectivity index (χ3n) is 10.8. The topological polar surface area (TPSA) is 154 Å². The van der Waals surface area contributed by atoms with Crippen LogP contribution in [0.4, 0.5) is 11.4 Å². The number of carbonyl (C=O) groups is 2. The molecule has 0 spiro atoms. The second-order valence-electron chi connectivity index (χ2n) is 14.1. The Labute approximate surface area is 330 Å². The average Bonchev–Trinajstić information content (AvgIpc) is 3.64. The summed E-state index contributed by atoms with van der Waals surface area (Å²) in [6.07, 6.45) is 0.721. The minimum atomic E-state index is -4.82. The summed E-state index contributed by atoms with van der Waals surface area (Å²) in [6.45, 7) is 7.69. The van der Waals surface area contributed by atoms with E-state index in [1.165, 1.54) is 34.7 Å². The Kier molecular flexibility index (Phi) is 11.0. The Morgan fingerprint density at radius 2 is 1.64 bits per heavy atom. The van der Waals surface area contributed by atoms with Gasteiger partial charge in [-0.05, 0) is 86.0 Å². The van der Waals surface area contributed by atoms with Gasteiger partial charge in [0.15, 0.2) is 0 Å². The summed E-state index contributed by atoms with van der Waals surface area (Å²) in [7, 11) is -1.26. The van der Waals surface area contributed by atoms with Crippen LogP contribution >= 0.6 is 19.4 Å². The molecule has 0 aliphatic carbocycles. The van der Waals surface area contributed by atoms with Gasteiger partial charge in [-0.2, -0.15) is 5.26 Å². The number of morpholine rings is 1. The lowest BCUT2D eigenvalue weighted by molar-refractivity contribution is 0.0193. The average molecular weight is 797 g/mol. The normalized spacial score (nSPS) is 16.0. The number of hydrogen-bond donors (Lipinski definition) is 2. The second-order valence-corrected chi connectivity index (χ2v) is 15.7. The maximum atomic E-state index is 14.9. The predicted octanol–water partition coefficient (Wildman–Crippen LogP) is 6.52. The molecule has 4 heterocycles. The molecule has 2 aliphatic heterocycles. The van der Waals surface area contributed by atoms with E-state index in [2.05, 4.69) is 23.1 Å². The first-order valence-corrected chi connectivity index (χ1v) is 20.0. The standard InChI is InChI=1S/C41H42ClN6O7P/c1-26-36(41(50)48(38-21-32(23-43)44(3)27(38)2)31-10-12-34(13-11-31)55-56(51,52)53)22-39(45(26)4)37-20-30(42)9-14-35(37)40(49)47-24-29-8-6-5-7-28(29)19-33(47)25-46-15-17-54-18-16-46/h5-14,20-22,33H,15-19,24-25H2,1-4H3,(H2,51,52,53)/t33-/m0/s1. The molecular weight excluding hydrogens is 755 g/mol. The third-order valence-corrected chi connectivity index (χ3v) is 11.5. The summed E-state index contributed by atoms with van der Waals surface area (Å²) in [4.78, 5) is 54.2. The highest BCUT2D eigenvalue weighted by atomic mass is 35.5. The first-order chi connectivity index (χ1) is 26.7. The number of halogens is 1. The van der Waals surface area contributed by atoms with Crippen LogP contribution in [-0.4, -0.2) is 79.4 Å². The third kappa shape index (κ3) is 7.77. The minimum absolute atomic E-state index is 0.0780. The SMILES string of the molecule is Cc1c(N(C(=O)c2cc(-c3cc(Cl)ccc3C(=O)N3Cc4ccccc4C[C@H]3CN3CCOCC3)n(C)c2C)c2ccc(OP(=O)(O)O)cc2)cc(C#N)n1C. The predicted molar refractivity (Wildman–Crippen MR) is 212 cm³/mol. The minimum Gasteiger partial charge on any atom is -0.404 e. The van der Waals surface area contributed by atoms with Crippen molar-refractivity contribution in [3.8, 4) is 23.1 Å². The molecule has 0 saturated carbocycles. The van der Waals surface area contributed by atoms with Gasteiger partial charge in [0.2, 0.25) is 0 Å². The van der Waals surface area contributed by atoms with Gasteiger partial charge in [0.25, 0.3) is 11.8 Å². The van der Waals surface area contributed by atoms with Gasteiger partial charge in [0.1, 0.15) is 17.5 Å². The van der Waals surface area contributed by atoms with Crippen LogP contribution in [0.5, 0.6) is 5.75 Å². The van der Waals surface area contributed by atoms with Crippen molar-refractivity contribution in [1.82, 2.24) is 18.9 Å². The van der Waals surface area contributed by atoms with Crippen molar-refractivity contribution in [3.63, 3.8) is 0 Å². The smallest absolute Gasteiger partial charge is 0.404 e. The van der Waals surface area contributed by atoms with Crippen LogP contribution < -0.4 is 9.42 Å². The molecule has 13 nitrogen and oxygen atoms in total. The molecular formula is C41H42ClN6O7P. The zero-order chi connectivity index (χ0) is 39.9. The van der Waals surface area contributed by atoms with Crippen molar-refractivity contribution in [2.75, 3.05) is 37.7 Å². The van der Waals surface area contributed by atoms with Crippen LogP contribution in [0.1, 0.15) is 48.9 Å². The molecule has 56 heavy (non-hydrogen) atoms. The Balaban J connectivity index is 1.29. The molecule has 7 rings (SSSR count). The molecule has 0 unspecified atom stereocenters. The van der Waals surface area contributed by atoms with E-state index in [1.807, 2.05) is 35.6 Å². The number of nitriles is 1. The molecule has 290 valence electrons. The van der Waals surface area contributed by atoms with E-state index < -0.39 is 13.7 Å². The van der Waals surface area contributed by atoms with Crippen LogP contribution in [0.25, 0.3) is 11.3 Å². The van der Waals surface area contributed by atoms with Gasteiger partial charge in [0.05, 0.1) is 24.5 Å². The van der Waals surface area contributed by atoms with Gasteiger partial charge < -0.3 is 23.3 Å². The molecule has 2 aromatic heterocycles. The molecule has 0 radical (unpaired) electrons. The molecule has 15 heteroatoms. The Morgan fingerprint density at radius 1 is 0.946 bits per heavy atom. The Morgan fingerprint density at radius 3 is 2.30 bits per heavy atom. The van der Waals surface area contributed by atoms with E-state index >= 15 is 0 Å². The highest BCUT2D eigenvalue weighted by Gasteiger charge is 2.34. The summed E-state index contributed by atoms with van der Waals surface area (Å²) in [5, 5.41) is 10.3. The number of nitrogens with zero attached hydrogens (tertiary/aromatic N) is 6. The summed E-state index contributed by atoms with van der Waals surface area (Å²) in [5.41, 5.74) is 6.69. The quantitative estimate of drug-likeness (QED) is 0.159. The Bertz CT molecular complexity index is 2410. The van der Waals surface area contributed by atoms with Crippen molar-refractivity contribution in [3.05, 3.63) is 123 Å². The van der Waals surface area contributed by atoms with Gasteiger partial charge in [0, 0.05) is 85.2 Å². The number of amides is 2. The largest absolute Gasteiger partial charge is 0.524 e. The molecule has 0 bridgehead atoms. The molecule has 2 N–H and O–H groups in total. The fourth-order valence-corrected chi connectivity index (χ4v) is 8.18. The van der Waals surface area contributed by atoms with Gasteiger partial charge in [-0.3, -0.25) is 29.2 Å². The second kappa shape index (κ2) is 15.7. The van der Waals surface area contributed by atoms with E-state index in [0.29, 0.717) is 82.2 Å². The van der Waals surface area contributed by atoms with E-state index in [0.717, 1.165) is 25.1 Å². The number of rotatable bonds is 9. The molecule has 3 aromatic carbocycles. The number of fused-ring (bicyclic) bond motifs is 1. The highest BCUT2D eigenvalue weighted by molar-refractivity contribution is 7.46. The summed E-state index contributed by atoms with van der Waals surface area (Å²) < 4.78 is 25.4. The van der Waals surface area contributed by atoms with E-state index in [9.17, 15) is 29.2 Å². The molecule has 1 atom stereocenters. The molecule has 2 amide bonds. The molecule has 5 aromatic rings. The molecule has 1 saturated heterocycles. The number of carbonyl (C=O) groups excluding carboxylic acids is 2. The Hall–Kier alpha value is -5.19. The van der Waals surface area contributed by atoms with E-state index in [4.69, 9.17) is 20.9 Å². The van der Waals surface area contributed by atoms with Crippen molar-refractivity contribution in [1.29, 1.82) is 5.26 Å². The van der Waals surface area contributed by atoms with Gasteiger partial charge in [-0.15, -0.1) is 0 Å². The number of phosphoric acid groups is 1. The van der Waals surface area contributed by atoms with Gasteiger partial charge in [-0.25, -0.2) is 4.57 Å². The molecule has 1 fully saturated rings.